The maximum atomic E-state index is 14.2. The average molecular weight is 817 g/mol. The molecule has 2 saturated heterocycles. The molecule has 0 saturated carbocycles. The predicted octanol–water partition coefficient (Wildman–Crippen LogP) is -5.73. The molecule has 0 radical (unpaired) electrons. The third-order valence-corrected chi connectivity index (χ3v) is 9.63. The Morgan fingerprint density at radius 3 is 1.60 bits per heavy atom. The third-order valence-electron chi connectivity index (χ3n) is 9.63. The first kappa shape index (κ1) is 46.2. The van der Waals surface area contributed by atoms with Crippen LogP contribution in [0.3, 0.4) is 0 Å². The van der Waals surface area contributed by atoms with E-state index in [0.29, 0.717) is 18.4 Å². The third kappa shape index (κ3) is 13.2. The van der Waals surface area contributed by atoms with Crippen molar-refractivity contribution in [1.29, 1.82) is 0 Å². The first-order valence-corrected chi connectivity index (χ1v) is 18.7. The molecule has 2 heterocycles. The molecule has 1 aromatic carbocycles. The monoisotopic (exact) mass is 816 g/mol. The lowest BCUT2D eigenvalue weighted by Gasteiger charge is -2.32. The van der Waals surface area contributed by atoms with E-state index < -0.39 is 121 Å². The smallest absolute Gasteiger partial charge is 0.246 e. The molecule has 2 aliphatic heterocycles. The van der Waals surface area contributed by atoms with Gasteiger partial charge in [0.25, 0.3) is 0 Å². The van der Waals surface area contributed by atoms with Crippen LogP contribution in [0.4, 0.5) is 0 Å². The topological polar surface area (TPSA) is 356 Å². The van der Waals surface area contributed by atoms with Crippen LogP contribution >= 0.6 is 0 Å². The largest absolute Gasteiger partial charge is 0.394 e. The number of rotatable bonds is 21. The summed E-state index contributed by atoms with van der Waals surface area (Å²) in [6.07, 6.45) is -0.257. The number of aliphatic hydroxyl groups is 2. The molecular formula is C36H52N10O12. The van der Waals surface area contributed by atoms with Crippen molar-refractivity contribution in [2.75, 3.05) is 26.3 Å². The molecule has 318 valence electrons. The molecule has 22 heteroatoms. The first-order valence-electron chi connectivity index (χ1n) is 18.7. The zero-order chi connectivity index (χ0) is 43.1. The van der Waals surface area contributed by atoms with Gasteiger partial charge in [-0.1, -0.05) is 30.3 Å². The summed E-state index contributed by atoms with van der Waals surface area (Å²) in [6.45, 7) is -0.488. The number of carbonyl (C=O) groups excluding carboxylic acids is 10. The number of likely N-dealkylation sites (tertiary alicyclic amines) is 2. The van der Waals surface area contributed by atoms with Crippen LogP contribution in [0.5, 0.6) is 0 Å². The Balaban J connectivity index is 1.83. The van der Waals surface area contributed by atoms with Gasteiger partial charge in [0.15, 0.2) is 0 Å². The second-order valence-corrected chi connectivity index (χ2v) is 14.0. The summed E-state index contributed by atoms with van der Waals surface area (Å²) in [7, 11) is 0. The molecule has 2 aliphatic rings. The number of hydrogen-bond donors (Lipinski definition) is 10. The minimum absolute atomic E-state index is 0.0632. The highest BCUT2D eigenvalue weighted by atomic mass is 16.3. The summed E-state index contributed by atoms with van der Waals surface area (Å²) in [6, 6.07) is -0.978. The van der Waals surface area contributed by atoms with Gasteiger partial charge < -0.3 is 63.8 Å². The van der Waals surface area contributed by atoms with Crippen molar-refractivity contribution in [3.05, 3.63) is 35.9 Å². The lowest BCUT2D eigenvalue weighted by atomic mass is 10.0. The van der Waals surface area contributed by atoms with Crippen LogP contribution in [-0.4, -0.2) is 148 Å². The number of aliphatic hydroxyl groups excluding tert-OH is 2. The van der Waals surface area contributed by atoms with Crippen LogP contribution < -0.4 is 43.8 Å². The lowest BCUT2D eigenvalue weighted by molar-refractivity contribution is -0.145. The molecule has 3 rings (SSSR count). The van der Waals surface area contributed by atoms with Crippen molar-refractivity contribution in [2.24, 2.45) is 17.2 Å². The van der Waals surface area contributed by atoms with Gasteiger partial charge in [0.1, 0.15) is 42.3 Å². The zero-order valence-corrected chi connectivity index (χ0v) is 32.0. The summed E-state index contributed by atoms with van der Waals surface area (Å²) in [5.41, 5.74) is 16.4. The average Bonchev–Trinajstić information content (AvgIpc) is 3.87. The van der Waals surface area contributed by atoms with Crippen LogP contribution in [0.1, 0.15) is 57.4 Å². The Morgan fingerprint density at radius 2 is 1.14 bits per heavy atom. The Bertz CT molecular complexity index is 1710. The van der Waals surface area contributed by atoms with Crippen molar-refractivity contribution >= 4 is 59.1 Å². The summed E-state index contributed by atoms with van der Waals surface area (Å²) >= 11 is 0. The molecule has 58 heavy (non-hydrogen) atoms. The standard InChI is InChI=1S/C36H52N10O12/c1-19(49)40-24(17-47)31(53)44-25(18-48)32(54)43-23(15-20-7-3-2-4-8-20)36(58)46-14-6-9-26(46)33(55)41-21(11-12-28(37)50)35(57)45-13-5-10-27(45)34(56)42-22(30(39)52)16-29(38)51/h2-4,7-8,21-27,47-48H,5-6,9-18H2,1H3,(H2,37,50)(H2,38,51)(H2,39,52)(H,40,49)(H,41,55)(H,42,56)(H,43,54)(H,44,53)/t21-,22-,23-,24-,25-,26-,27-/m0/s1. The van der Waals surface area contributed by atoms with Crippen LogP contribution in [0.2, 0.25) is 0 Å². The quantitative estimate of drug-likeness (QED) is 0.0555. The number of hydrogen-bond acceptors (Lipinski definition) is 12. The maximum absolute atomic E-state index is 14.2. The van der Waals surface area contributed by atoms with E-state index in [1.54, 1.807) is 30.3 Å². The van der Waals surface area contributed by atoms with E-state index in [1.165, 1.54) is 9.80 Å². The fourth-order valence-electron chi connectivity index (χ4n) is 6.74. The number of nitrogens with zero attached hydrogens (tertiary/aromatic N) is 2. The molecule has 13 N–H and O–H groups in total. The van der Waals surface area contributed by atoms with E-state index in [9.17, 15) is 58.2 Å². The van der Waals surface area contributed by atoms with Gasteiger partial charge in [-0.25, -0.2) is 0 Å². The number of nitrogens with two attached hydrogens (primary N) is 3. The van der Waals surface area contributed by atoms with E-state index in [4.69, 9.17) is 17.2 Å². The number of amides is 10. The summed E-state index contributed by atoms with van der Waals surface area (Å²) < 4.78 is 0. The number of carbonyl (C=O) groups is 10. The van der Waals surface area contributed by atoms with Gasteiger partial charge in [-0.2, -0.15) is 0 Å². The molecule has 0 unspecified atom stereocenters. The lowest BCUT2D eigenvalue weighted by Crippen LogP contribution is -2.60. The molecule has 0 bridgehead atoms. The van der Waals surface area contributed by atoms with E-state index in [2.05, 4.69) is 26.6 Å². The second kappa shape index (κ2) is 22.0. The molecular weight excluding hydrogens is 764 g/mol. The number of primary amides is 3. The molecule has 1 aromatic rings. The Kier molecular flexibility index (Phi) is 17.5. The summed E-state index contributed by atoms with van der Waals surface area (Å²) in [5.74, 6) is -8.33. The van der Waals surface area contributed by atoms with Gasteiger partial charge in [0.2, 0.25) is 59.1 Å². The highest BCUT2D eigenvalue weighted by Gasteiger charge is 2.42. The summed E-state index contributed by atoms with van der Waals surface area (Å²) in [4.78, 5) is 130. The first-order chi connectivity index (χ1) is 27.5. The molecule has 2 fully saturated rings. The van der Waals surface area contributed by atoms with Gasteiger partial charge in [-0.15, -0.1) is 0 Å². The summed E-state index contributed by atoms with van der Waals surface area (Å²) in [5, 5.41) is 31.4. The maximum Gasteiger partial charge on any atom is 0.246 e. The van der Waals surface area contributed by atoms with Crippen molar-refractivity contribution < 1.29 is 58.2 Å². The molecule has 0 aromatic heterocycles. The Hall–Kier alpha value is -6.16. The fraction of sp³-hybridized carbons (Fsp3) is 0.556. The normalized spacial score (nSPS) is 18.7. The number of benzene rings is 1. The molecule has 7 atom stereocenters. The SMILES string of the molecule is CC(=O)N[C@@H](CO)C(=O)N[C@@H](CO)C(=O)N[C@@H](Cc1ccccc1)C(=O)N1CCC[C@H]1C(=O)N[C@@H](CCC(N)=O)C(=O)N1CCC[C@H]1C(=O)N[C@@H](CC(N)=O)C(N)=O. The predicted molar refractivity (Wildman–Crippen MR) is 201 cm³/mol. The van der Waals surface area contributed by atoms with Gasteiger partial charge >= 0.3 is 0 Å². The zero-order valence-electron chi connectivity index (χ0n) is 32.0. The van der Waals surface area contributed by atoms with Crippen LogP contribution in [0.25, 0.3) is 0 Å². The van der Waals surface area contributed by atoms with E-state index in [0.717, 1.165) is 6.92 Å². The molecule has 0 aliphatic carbocycles. The van der Waals surface area contributed by atoms with E-state index in [1.807, 2.05) is 0 Å². The second-order valence-electron chi connectivity index (χ2n) is 14.0. The molecule has 22 nitrogen and oxygen atoms in total. The van der Waals surface area contributed by atoms with Crippen molar-refractivity contribution in [2.45, 2.75) is 101 Å². The van der Waals surface area contributed by atoms with Gasteiger partial charge in [-0.05, 0) is 37.7 Å². The van der Waals surface area contributed by atoms with Crippen molar-refractivity contribution in [3.8, 4) is 0 Å². The minimum atomic E-state index is -1.61. The number of nitrogens with one attached hydrogen (secondary N) is 5. The van der Waals surface area contributed by atoms with Crippen LogP contribution in [0, 0.1) is 0 Å². The van der Waals surface area contributed by atoms with Gasteiger partial charge in [0.05, 0.1) is 19.6 Å². The highest BCUT2D eigenvalue weighted by Crippen LogP contribution is 2.23. The van der Waals surface area contributed by atoms with Crippen LogP contribution in [-0.2, 0) is 54.4 Å². The van der Waals surface area contributed by atoms with Gasteiger partial charge in [-0.3, -0.25) is 47.9 Å². The van der Waals surface area contributed by atoms with Crippen molar-refractivity contribution in [1.82, 2.24) is 36.4 Å². The van der Waals surface area contributed by atoms with E-state index in [-0.39, 0.29) is 45.2 Å². The fourth-order valence-corrected chi connectivity index (χ4v) is 6.74. The minimum Gasteiger partial charge on any atom is -0.394 e. The van der Waals surface area contributed by atoms with Crippen LogP contribution in [0.15, 0.2) is 30.3 Å². The van der Waals surface area contributed by atoms with Crippen molar-refractivity contribution in [3.63, 3.8) is 0 Å². The Morgan fingerprint density at radius 1 is 0.655 bits per heavy atom. The highest BCUT2D eigenvalue weighted by molar-refractivity contribution is 5.98. The molecule has 0 spiro atoms. The molecule has 10 amide bonds. The van der Waals surface area contributed by atoms with E-state index >= 15 is 0 Å². The van der Waals surface area contributed by atoms with Gasteiger partial charge in [0, 0.05) is 32.9 Å². The Labute approximate surface area is 333 Å².